The Balaban J connectivity index is 1.58. The summed E-state index contributed by atoms with van der Waals surface area (Å²) in [6, 6.07) is 8.27. The summed E-state index contributed by atoms with van der Waals surface area (Å²) in [5.41, 5.74) is 0.780. The summed E-state index contributed by atoms with van der Waals surface area (Å²) in [6.45, 7) is 0.351. The van der Waals surface area contributed by atoms with Gasteiger partial charge in [-0.05, 0) is 52.4 Å². The second-order valence-electron chi connectivity index (χ2n) is 5.80. The van der Waals surface area contributed by atoms with Crippen molar-refractivity contribution in [3.8, 4) is 0 Å². The van der Waals surface area contributed by atoms with Crippen LogP contribution in [0.15, 0.2) is 44.4 Å². The maximum atomic E-state index is 12.8. The summed E-state index contributed by atoms with van der Waals surface area (Å²) in [4.78, 5) is 17.2. The van der Waals surface area contributed by atoms with Crippen molar-refractivity contribution in [3.63, 3.8) is 0 Å². The van der Waals surface area contributed by atoms with Gasteiger partial charge in [0.25, 0.3) is 10.0 Å². The highest BCUT2D eigenvalue weighted by Crippen LogP contribution is 2.32. The van der Waals surface area contributed by atoms with Crippen LogP contribution in [0.4, 0.5) is 5.13 Å². The molecule has 136 valence electrons. The highest BCUT2D eigenvalue weighted by atomic mass is 79.9. The number of carbonyl (C=O) groups is 1. The Labute approximate surface area is 167 Å². The number of aromatic nitrogens is 1. The number of hydrogen-bond donors (Lipinski definition) is 1. The number of amides is 1. The summed E-state index contributed by atoms with van der Waals surface area (Å²) in [6.07, 6.45) is 1.17. The SMILES string of the molecule is O=C(Nc1nc2c(Br)cccc2s1)[C@@H]1CCCN1S(=O)(=O)c1cccs1. The lowest BCUT2D eigenvalue weighted by Gasteiger charge is -2.22. The molecule has 4 rings (SSSR count). The van der Waals surface area contributed by atoms with E-state index in [0.29, 0.717) is 24.5 Å². The van der Waals surface area contributed by atoms with Gasteiger partial charge < -0.3 is 5.32 Å². The first kappa shape index (κ1) is 18.1. The summed E-state index contributed by atoms with van der Waals surface area (Å²) in [7, 11) is -3.65. The molecule has 0 bridgehead atoms. The number of benzene rings is 1. The zero-order valence-corrected chi connectivity index (χ0v) is 17.4. The maximum Gasteiger partial charge on any atom is 0.253 e. The Hall–Kier alpha value is -1.33. The van der Waals surface area contributed by atoms with Crippen LogP contribution in [-0.2, 0) is 14.8 Å². The van der Waals surface area contributed by atoms with Gasteiger partial charge in [0.1, 0.15) is 10.3 Å². The molecule has 0 aliphatic carbocycles. The quantitative estimate of drug-likeness (QED) is 0.625. The molecule has 1 aromatic carbocycles. The van der Waals surface area contributed by atoms with Crippen LogP contribution in [0.1, 0.15) is 12.8 Å². The van der Waals surface area contributed by atoms with Crippen LogP contribution >= 0.6 is 38.6 Å². The Morgan fingerprint density at radius 1 is 1.31 bits per heavy atom. The number of anilines is 1. The van der Waals surface area contributed by atoms with Gasteiger partial charge in [0.2, 0.25) is 5.91 Å². The number of rotatable bonds is 4. The van der Waals surface area contributed by atoms with E-state index in [1.165, 1.54) is 15.6 Å². The van der Waals surface area contributed by atoms with Crippen molar-refractivity contribution in [1.82, 2.24) is 9.29 Å². The third kappa shape index (κ3) is 3.20. The van der Waals surface area contributed by atoms with Crippen LogP contribution < -0.4 is 5.32 Å². The second-order valence-corrected chi connectivity index (χ2v) is 10.8. The Kier molecular flexibility index (Phi) is 4.86. The van der Waals surface area contributed by atoms with Crippen molar-refractivity contribution in [2.45, 2.75) is 23.1 Å². The Morgan fingerprint density at radius 3 is 2.88 bits per heavy atom. The minimum atomic E-state index is -3.65. The van der Waals surface area contributed by atoms with E-state index in [9.17, 15) is 13.2 Å². The molecule has 1 aliphatic rings. The van der Waals surface area contributed by atoms with Gasteiger partial charge >= 0.3 is 0 Å². The summed E-state index contributed by atoms with van der Waals surface area (Å²) in [5, 5.41) is 4.98. The first-order valence-corrected chi connectivity index (χ1v) is 11.8. The van der Waals surface area contributed by atoms with Gasteiger partial charge in [-0.3, -0.25) is 4.79 Å². The molecule has 1 N–H and O–H groups in total. The molecule has 3 aromatic rings. The monoisotopic (exact) mass is 471 g/mol. The van der Waals surface area contributed by atoms with Crippen LogP contribution in [-0.4, -0.2) is 36.2 Å². The van der Waals surface area contributed by atoms with E-state index in [2.05, 4.69) is 26.2 Å². The molecular formula is C16H14BrN3O3S3. The number of nitrogens with zero attached hydrogens (tertiary/aromatic N) is 2. The topological polar surface area (TPSA) is 79.4 Å². The number of hydrogen-bond acceptors (Lipinski definition) is 6. The Bertz CT molecular complexity index is 1060. The molecule has 2 aromatic heterocycles. The number of sulfonamides is 1. The van der Waals surface area contributed by atoms with Gasteiger partial charge in [0.15, 0.2) is 5.13 Å². The highest BCUT2D eigenvalue weighted by molar-refractivity contribution is 9.10. The first-order valence-electron chi connectivity index (χ1n) is 7.88. The van der Waals surface area contributed by atoms with Crippen LogP contribution in [0.5, 0.6) is 0 Å². The zero-order chi connectivity index (χ0) is 18.3. The zero-order valence-electron chi connectivity index (χ0n) is 13.4. The minimum absolute atomic E-state index is 0.265. The average molecular weight is 472 g/mol. The lowest BCUT2D eigenvalue weighted by molar-refractivity contribution is -0.119. The van der Waals surface area contributed by atoms with Gasteiger partial charge in [-0.15, -0.1) is 11.3 Å². The molecule has 26 heavy (non-hydrogen) atoms. The number of fused-ring (bicyclic) bond motifs is 1. The van der Waals surface area contributed by atoms with Crippen molar-refractivity contribution in [2.75, 3.05) is 11.9 Å². The first-order chi connectivity index (χ1) is 12.5. The molecule has 0 radical (unpaired) electrons. The molecule has 10 heteroatoms. The predicted molar refractivity (Wildman–Crippen MR) is 107 cm³/mol. The fourth-order valence-corrected chi connectivity index (χ4v) is 7.23. The molecule has 6 nitrogen and oxygen atoms in total. The number of para-hydroxylation sites is 1. The predicted octanol–water partition coefficient (Wildman–Crippen LogP) is 3.91. The average Bonchev–Trinajstić information content (AvgIpc) is 3.35. The van der Waals surface area contributed by atoms with Gasteiger partial charge in [0.05, 0.1) is 10.2 Å². The van der Waals surface area contributed by atoms with Crippen LogP contribution in [0.25, 0.3) is 10.2 Å². The largest absolute Gasteiger partial charge is 0.301 e. The van der Waals surface area contributed by atoms with E-state index in [4.69, 9.17) is 0 Å². The molecule has 0 spiro atoms. The molecule has 0 unspecified atom stereocenters. The number of halogens is 1. The summed E-state index contributed by atoms with van der Waals surface area (Å²) < 4.78 is 28.9. The number of thiophene rings is 1. The van der Waals surface area contributed by atoms with E-state index in [0.717, 1.165) is 26.0 Å². The van der Waals surface area contributed by atoms with E-state index < -0.39 is 16.1 Å². The van der Waals surface area contributed by atoms with Crippen molar-refractivity contribution < 1.29 is 13.2 Å². The molecule has 1 atom stereocenters. The third-order valence-corrected chi connectivity index (χ3v) is 9.02. The van der Waals surface area contributed by atoms with Crippen LogP contribution in [0.3, 0.4) is 0 Å². The number of thiazole rings is 1. The van der Waals surface area contributed by atoms with Crippen molar-refractivity contribution in [3.05, 3.63) is 40.2 Å². The molecular weight excluding hydrogens is 458 g/mol. The van der Waals surface area contributed by atoms with E-state index in [1.807, 2.05) is 18.2 Å². The smallest absolute Gasteiger partial charge is 0.253 e. The van der Waals surface area contributed by atoms with Crippen LogP contribution in [0.2, 0.25) is 0 Å². The third-order valence-electron chi connectivity index (χ3n) is 4.16. The van der Waals surface area contributed by atoms with Gasteiger partial charge in [-0.25, -0.2) is 13.4 Å². The molecule has 1 amide bonds. The molecule has 1 fully saturated rings. The lowest BCUT2D eigenvalue weighted by Crippen LogP contribution is -2.42. The fourth-order valence-electron chi connectivity index (χ4n) is 2.97. The molecule has 0 saturated carbocycles. The lowest BCUT2D eigenvalue weighted by atomic mass is 10.2. The van der Waals surface area contributed by atoms with Crippen molar-refractivity contribution in [1.29, 1.82) is 0 Å². The minimum Gasteiger partial charge on any atom is -0.301 e. The van der Waals surface area contributed by atoms with Gasteiger partial charge in [-0.1, -0.05) is 23.5 Å². The van der Waals surface area contributed by atoms with E-state index in [1.54, 1.807) is 17.5 Å². The highest BCUT2D eigenvalue weighted by Gasteiger charge is 2.40. The summed E-state index contributed by atoms with van der Waals surface area (Å²) in [5.74, 6) is -0.335. The van der Waals surface area contributed by atoms with E-state index in [-0.39, 0.29) is 10.1 Å². The molecule has 1 aliphatic heterocycles. The number of carbonyl (C=O) groups excluding carboxylic acids is 1. The molecule has 1 saturated heterocycles. The fraction of sp³-hybridized carbons (Fsp3) is 0.250. The summed E-state index contributed by atoms with van der Waals surface area (Å²) >= 11 is 5.97. The maximum absolute atomic E-state index is 12.8. The van der Waals surface area contributed by atoms with Crippen molar-refractivity contribution >= 4 is 69.9 Å². The normalized spacial score (nSPS) is 18.4. The van der Waals surface area contributed by atoms with Gasteiger partial charge in [-0.2, -0.15) is 4.31 Å². The number of nitrogens with one attached hydrogen (secondary N) is 1. The van der Waals surface area contributed by atoms with Crippen LogP contribution in [0, 0.1) is 0 Å². The molecule has 3 heterocycles. The van der Waals surface area contributed by atoms with Crippen molar-refractivity contribution in [2.24, 2.45) is 0 Å². The van der Waals surface area contributed by atoms with E-state index >= 15 is 0 Å². The second kappa shape index (κ2) is 7.01. The Morgan fingerprint density at radius 2 is 2.15 bits per heavy atom. The standard InChI is InChI=1S/C16H14BrN3O3S3/c17-10-4-1-6-12-14(10)18-16(25-12)19-15(21)11-5-2-8-20(11)26(22,23)13-7-3-9-24-13/h1,3-4,6-7,9,11H,2,5,8H2,(H,18,19,21)/t11-/m0/s1. The van der Waals surface area contributed by atoms with Gasteiger partial charge in [0, 0.05) is 11.0 Å².